The molecule has 1 unspecified atom stereocenters. The van der Waals surface area contributed by atoms with Crippen molar-refractivity contribution in [3.63, 3.8) is 0 Å². The van der Waals surface area contributed by atoms with E-state index in [0.717, 1.165) is 29.8 Å². The summed E-state index contributed by atoms with van der Waals surface area (Å²) in [6.45, 7) is 11.3. The Hall–Kier alpha value is -2.69. The average molecular weight is 382 g/mol. The number of nitrogens with zero attached hydrogens (tertiary/aromatic N) is 2. The average Bonchev–Trinajstić information content (AvgIpc) is 2.60. The zero-order valence-electron chi connectivity index (χ0n) is 17.1. The summed E-state index contributed by atoms with van der Waals surface area (Å²) in [5, 5.41) is 9.07. The fourth-order valence-corrected chi connectivity index (χ4v) is 4.29. The minimum atomic E-state index is -0.975. The molecule has 148 valence electrons. The van der Waals surface area contributed by atoms with Gasteiger partial charge >= 0.3 is 5.97 Å². The highest BCUT2D eigenvalue weighted by Gasteiger charge is 2.36. The maximum atomic E-state index is 14.8. The number of aliphatic imine (C=N–C) groups is 1. The van der Waals surface area contributed by atoms with Crippen LogP contribution in [-0.2, 0) is 0 Å². The van der Waals surface area contributed by atoms with Gasteiger partial charge in [-0.25, -0.2) is 9.18 Å². The molecule has 0 saturated carbocycles. The molecule has 0 spiro atoms. The number of anilines is 1. The molecule has 2 aromatic carbocycles. The Balaban J connectivity index is 1.98. The molecular formula is C23H27FN2O2. The quantitative estimate of drug-likeness (QED) is 0.691. The maximum Gasteiger partial charge on any atom is 0.335 e. The third kappa shape index (κ3) is 3.66. The van der Waals surface area contributed by atoms with Crippen molar-refractivity contribution in [1.82, 2.24) is 0 Å². The number of fused-ring (bicyclic) bond motifs is 1. The molecule has 0 radical (unpaired) electrons. The fourth-order valence-electron chi connectivity index (χ4n) is 4.29. The van der Waals surface area contributed by atoms with Gasteiger partial charge in [-0.15, -0.1) is 0 Å². The van der Waals surface area contributed by atoms with Crippen LogP contribution < -0.4 is 4.90 Å². The first-order valence-electron chi connectivity index (χ1n) is 9.63. The Morgan fingerprint density at radius 2 is 2.07 bits per heavy atom. The Kier molecular flexibility index (Phi) is 5.28. The molecule has 1 aliphatic heterocycles. The van der Waals surface area contributed by atoms with Gasteiger partial charge in [0.1, 0.15) is 5.82 Å². The summed E-state index contributed by atoms with van der Waals surface area (Å²) in [4.78, 5) is 17.7. The van der Waals surface area contributed by atoms with Crippen molar-refractivity contribution in [3.8, 4) is 0 Å². The number of carbonyl (C=O) groups is 1. The maximum absolute atomic E-state index is 14.8. The lowest BCUT2D eigenvalue weighted by Crippen LogP contribution is -2.48. The van der Waals surface area contributed by atoms with E-state index in [4.69, 9.17) is 5.11 Å². The van der Waals surface area contributed by atoms with Crippen LogP contribution in [0.25, 0.3) is 0 Å². The van der Waals surface area contributed by atoms with E-state index in [0.29, 0.717) is 17.2 Å². The molecule has 5 heteroatoms. The molecule has 1 heterocycles. The van der Waals surface area contributed by atoms with Crippen molar-refractivity contribution in [2.24, 2.45) is 4.99 Å². The topological polar surface area (TPSA) is 52.9 Å². The lowest BCUT2D eigenvalue weighted by molar-refractivity contribution is 0.0697. The van der Waals surface area contributed by atoms with Gasteiger partial charge in [-0.05, 0) is 81.5 Å². The summed E-state index contributed by atoms with van der Waals surface area (Å²) in [5.74, 6) is -0.945. The minimum Gasteiger partial charge on any atom is -0.478 e. The SMILES string of the molecule is CCN1c2cc(F)c(C=Nc3ccc(C(=O)O)cc3C)cc2C(C)CC1(C)C. The smallest absolute Gasteiger partial charge is 0.335 e. The summed E-state index contributed by atoms with van der Waals surface area (Å²) in [7, 11) is 0. The van der Waals surface area contributed by atoms with Gasteiger partial charge in [0, 0.05) is 29.5 Å². The standard InChI is InChI=1S/C23H27FN2O2/c1-6-26-21-11-19(24)17(10-18(21)15(3)12-23(26,4)5)13-25-20-8-7-16(22(27)28)9-14(20)2/h7-11,13,15H,6,12H2,1-5H3,(H,27,28). The fraction of sp³-hybridized carbons (Fsp3) is 0.391. The minimum absolute atomic E-state index is 0.00773. The Labute approximate surface area is 165 Å². The highest BCUT2D eigenvalue weighted by atomic mass is 19.1. The van der Waals surface area contributed by atoms with Crippen LogP contribution in [0, 0.1) is 12.7 Å². The summed E-state index contributed by atoms with van der Waals surface area (Å²) in [6, 6.07) is 8.25. The second kappa shape index (κ2) is 7.38. The van der Waals surface area contributed by atoms with Crippen molar-refractivity contribution in [2.45, 2.75) is 52.5 Å². The van der Waals surface area contributed by atoms with Gasteiger partial charge in [-0.1, -0.05) is 6.92 Å². The Morgan fingerprint density at radius 1 is 1.36 bits per heavy atom. The number of aryl methyl sites for hydroxylation is 1. The molecule has 0 aromatic heterocycles. The molecule has 0 amide bonds. The van der Waals surface area contributed by atoms with Crippen LogP contribution in [0.2, 0.25) is 0 Å². The highest BCUT2D eigenvalue weighted by Crippen LogP contribution is 2.43. The third-order valence-electron chi connectivity index (χ3n) is 5.61. The Morgan fingerprint density at radius 3 is 2.68 bits per heavy atom. The second-order valence-electron chi connectivity index (χ2n) is 8.16. The molecule has 3 rings (SSSR count). The summed E-state index contributed by atoms with van der Waals surface area (Å²) in [5.41, 5.74) is 4.13. The number of rotatable bonds is 4. The van der Waals surface area contributed by atoms with E-state index in [1.165, 1.54) is 12.3 Å². The summed E-state index contributed by atoms with van der Waals surface area (Å²) >= 11 is 0. The predicted molar refractivity (Wildman–Crippen MR) is 112 cm³/mol. The van der Waals surface area contributed by atoms with Crippen LogP contribution in [0.5, 0.6) is 0 Å². The summed E-state index contributed by atoms with van der Waals surface area (Å²) < 4.78 is 14.8. The van der Waals surface area contributed by atoms with Gasteiger partial charge in [-0.2, -0.15) is 0 Å². The summed E-state index contributed by atoms with van der Waals surface area (Å²) in [6.07, 6.45) is 2.53. The van der Waals surface area contributed by atoms with E-state index < -0.39 is 5.97 Å². The van der Waals surface area contributed by atoms with Crippen molar-refractivity contribution in [2.75, 3.05) is 11.4 Å². The van der Waals surface area contributed by atoms with E-state index in [-0.39, 0.29) is 16.9 Å². The number of hydrogen-bond donors (Lipinski definition) is 1. The number of hydrogen-bond acceptors (Lipinski definition) is 3. The largest absolute Gasteiger partial charge is 0.478 e. The first-order valence-corrected chi connectivity index (χ1v) is 9.63. The molecule has 2 aromatic rings. The molecule has 1 aliphatic rings. The van der Waals surface area contributed by atoms with E-state index in [9.17, 15) is 9.18 Å². The van der Waals surface area contributed by atoms with Crippen LogP contribution in [-0.4, -0.2) is 29.4 Å². The lowest BCUT2D eigenvalue weighted by Gasteiger charge is -2.47. The molecule has 28 heavy (non-hydrogen) atoms. The number of halogens is 1. The van der Waals surface area contributed by atoms with Gasteiger partial charge < -0.3 is 10.0 Å². The third-order valence-corrected chi connectivity index (χ3v) is 5.61. The molecule has 4 nitrogen and oxygen atoms in total. The monoisotopic (exact) mass is 382 g/mol. The van der Waals surface area contributed by atoms with Crippen molar-refractivity contribution >= 4 is 23.6 Å². The molecule has 0 aliphatic carbocycles. The first kappa shape index (κ1) is 20.1. The van der Waals surface area contributed by atoms with Crippen LogP contribution in [0.4, 0.5) is 15.8 Å². The van der Waals surface area contributed by atoms with E-state index in [1.807, 2.05) is 6.07 Å². The van der Waals surface area contributed by atoms with E-state index in [2.05, 4.69) is 37.6 Å². The van der Waals surface area contributed by atoms with Crippen LogP contribution in [0.1, 0.15) is 67.1 Å². The second-order valence-corrected chi connectivity index (χ2v) is 8.16. The Bertz CT molecular complexity index is 950. The molecule has 1 N–H and O–H groups in total. The number of aromatic carboxylic acids is 1. The zero-order valence-corrected chi connectivity index (χ0v) is 17.1. The molecular weight excluding hydrogens is 355 g/mol. The number of carboxylic acid groups (broad SMARTS) is 1. The van der Waals surface area contributed by atoms with Gasteiger partial charge in [0.15, 0.2) is 0 Å². The van der Waals surface area contributed by atoms with Gasteiger partial charge in [-0.3, -0.25) is 4.99 Å². The van der Waals surface area contributed by atoms with E-state index >= 15 is 0 Å². The van der Waals surface area contributed by atoms with E-state index in [1.54, 1.807) is 25.1 Å². The van der Waals surface area contributed by atoms with Gasteiger partial charge in [0.2, 0.25) is 0 Å². The van der Waals surface area contributed by atoms with Crippen LogP contribution in [0.3, 0.4) is 0 Å². The van der Waals surface area contributed by atoms with Crippen molar-refractivity contribution in [3.05, 3.63) is 58.4 Å². The zero-order chi connectivity index (χ0) is 20.6. The normalized spacial score (nSPS) is 18.4. The van der Waals surface area contributed by atoms with Gasteiger partial charge in [0.05, 0.1) is 11.3 Å². The highest BCUT2D eigenvalue weighted by molar-refractivity contribution is 5.89. The first-order chi connectivity index (χ1) is 13.1. The number of benzene rings is 2. The molecule has 0 bridgehead atoms. The number of carboxylic acids is 1. The predicted octanol–water partition coefficient (Wildman–Crippen LogP) is 5.70. The molecule has 1 atom stereocenters. The van der Waals surface area contributed by atoms with Crippen LogP contribution >= 0.6 is 0 Å². The molecule has 0 fully saturated rings. The van der Waals surface area contributed by atoms with Crippen molar-refractivity contribution < 1.29 is 14.3 Å². The van der Waals surface area contributed by atoms with Crippen LogP contribution in [0.15, 0.2) is 35.3 Å². The molecule has 0 saturated heterocycles. The van der Waals surface area contributed by atoms with Crippen molar-refractivity contribution in [1.29, 1.82) is 0 Å². The van der Waals surface area contributed by atoms with Gasteiger partial charge in [0.25, 0.3) is 0 Å². The lowest BCUT2D eigenvalue weighted by atomic mass is 9.79.